The molecule has 0 saturated heterocycles. The second-order valence-corrected chi connectivity index (χ2v) is 6.62. The maximum atomic E-state index is 13.5. The Bertz CT molecular complexity index is 1300. The number of fused-ring (bicyclic) bond motifs is 1. The van der Waals surface area contributed by atoms with Gasteiger partial charge in [0.05, 0.1) is 0 Å². The first-order chi connectivity index (χ1) is 15.0. The molecule has 5 nitrogen and oxygen atoms in total. The second kappa shape index (κ2) is 8.62. The highest BCUT2D eigenvalue weighted by molar-refractivity contribution is 6.16. The van der Waals surface area contributed by atoms with Gasteiger partial charge in [0.2, 0.25) is 11.7 Å². The van der Waals surface area contributed by atoms with Gasteiger partial charge in [-0.2, -0.15) is 0 Å². The van der Waals surface area contributed by atoms with Crippen LogP contribution < -0.4 is 10.6 Å². The zero-order valence-electron chi connectivity index (χ0n) is 16.1. The molecule has 4 rings (SSSR count). The van der Waals surface area contributed by atoms with Crippen LogP contribution >= 0.6 is 0 Å². The van der Waals surface area contributed by atoms with Gasteiger partial charge >= 0.3 is 0 Å². The molecule has 154 valence electrons. The van der Waals surface area contributed by atoms with E-state index in [0.717, 1.165) is 17.7 Å². The number of furan rings is 1. The van der Waals surface area contributed by atoms with Crippen LogP contribution in [-0.4, -0.2) is 11.8 Å². The fraction of sp³-hybridized carbons (Fsp3) is 0. The number of carbonyl (C=O) groups excluding carboxylic acids is 2. The molecule has 3 aromatic carbocycles. The number of carbonyl (C=O) groups is 2. The van der Waals surface area contributed by atoms with Crippen molar-refractivity contribution in [1.29, 1.82) is 0 Å². The number of benzene rings is 3. The maximum absolute atomic E-state index is 13.5. The lowest BCUT2D eigenvalue weighted by Gasteiger charge is -2.06. The summed E-state index contributed by atoms with van der Waals surface area (Å²) >= 11 is 0. The van der Waals surface area contributed by atoms with Crippen LogP contribution in [0.3, 0.4) is 0 Å². The van der Waals surface area contributed by atoms with E-state index in [2.05, 4.69) is 10.6 Å². The minimum absolute atomic E-state index is 0.0469. The van der Waals surface area contributed by atoms with Crippen molar-refractivity contribution in [2.24, 2.45) is 0 Å². The van der Waals surface area contributed by atoms with Gasteiger partial charge in [-0.05, 0) is 35.9 Å². The summed E-state index contributed by atoms with van der Waals surface area (Å²) in [7, 11) is 0. The van der Waals surface area contributed by atoms with Crippen molar-refractivity contribution in [1.82, 2.24) is 0 Å². The molecule has 0 atom stereocenters. The molecule has 0 radical (unpaired) electrons. The van der Waals surface area contributed by atoms with E-state index in [1.165, 1.54) is 12.1 Å². The number of rotatable bonds is 5. The third kappa shape index (κ3) is 4.51. The topological polar surface area (TPSA) is 71.3 Å². The van der Waals surface area contributed by atoms with E-state index in [9.17, 15) is 18.4 Å². The number of nitrogens with one attached hydrogen (secondary N) is 2. The SMILES string of the molecule is O=C(C=Cc1ccccc1)Nc1c(C(=O)Nc2ccc(F)c(F)c2)oc2ccccc12. The Morgan fingerprint density at radius 3 is 2.35 bits per heavy atom. The van der Waals surface area contributed by atoms with E-state index >= 15 is 0 Å². The largest absolute Gasteiger partial charge is 0.449 e. The molecule has 0 spiro atoms. The number of halogens is 2. The minimum atomic E-state index is -1.10. The summed E-state index contributed by atoms with van der Waals surface area (Å²) in [5.74, 6) is -3.46. The summed E-state index contributed by atoms with van der Waals surface area (Å²) in [6, 6.07) is 19.1. The molecule has 0 saturated carbocycles. The van der Waals surface area contributed by atoms with Gasteiger partial charge in [-0.3, -0.25) is 9.59 Å². The molecular weight excluding hydrogens is 402 g/mol. The molecule has 0 aliphatic heterocycles. The molecule has 0 unspecified atom stereocenters. The van der Waals surface area contributed by atoms with Crippen LogP contribution in [0.15, 0.2) is 83.3 Å². The molecule has 2 amide bonds. The van der Waals surface area contributed by atoms with Gasteiger partial charge in [-0.15, -0.1) is 0 Å². The number of amides is 2. The van der Waals surface area contributed by atoms with Crippen molar-refractivity contribution in [2.75, 3.05) is 10.6 Å². The zero-order valence-corrected chi connectivity index (χ0v) is 16.1. The highest BCUT2D eigenvalue weighted by Crippen LogP contribution is 2.31. The standard InChI is InChI=1S/C24H16F2N2O3/c25-18-12-11-16(14-19(18)26)27-24(30)23-22(17-8-4-5-9-20(17)31-23)28-21(29)13-10-15-6-2-1-3-7-15/h1-14H,(H,27,30)(H,28,29). The monoisotopic (exact) mass is 418 g/mol. The van der Waals surface area contributed by atoms with Crippen molar-refractivity contribution in [3.8, 4) is 0 Å². The Morgan fingerprint density at radius 1 is 0.839 bits per heavy atom. The third-order valence-electron chi connectivity index (χ3n) is 4.45. The minimum Gasteiger partial charge on any atom is -0.449 e. The average molecular weight is 418 g/mol. The molecule has 1 aromatic heterocycles. The van der Waals surface area contributed by atoms with Crippen molar-refractivity contribution >= 4 is 40.2 Å². The van der Waals surface area contributed by atoms with Crippen LogP contribution in [0.25, 0.3) is 17.0 Å². The quantitative estimate of drug-likeness (QED) is 0.414. The average Bonchev–Trinajstić information content (AvgIpc) is 3.14. The second-order valence-electron chi connectivity index (χ2n) is 6.62. The molecule has 2 N–H and O–H groups in total. The van der Waals surface area contributed by atoms with E-state index in [1.807, 2.05) is 30.3 Å². The Morgan fingerprint density at radius 2 is 1.58 bits per heavy atom. The van der Waals surface area contributed by atoms with Crippen LogP contribution in [0.4, 0.5) is 20.2 Å². The summed E-state index contributed by atoms with van der Waals surface area (Å²) < 4.78 is 32.2. The van der Waals surface area contributed by atoms with Gasteiger partial charge in [0, 0.05) is 23.2 Å². The summed E-state index contributed by atoms with van der Waals surface area (Å²) in [4.78, 5) is 25.3. The first-order valence-electron chi connectivity index (χ1n) is 9.33. The zero-order chi connectivity index (χ0) is 21.8. The van der Waals surface area contributed by atoms with Gasteiger partial charge in [0.1, 0.15) is 11.3 Å². The first-order valence-corrected chi connectivity index (χ1v) is 9.33. The van der Waals surface area contributed by atoms with Gasteiger partial charge in [0.15, 0.2) is 11.6 Å². The normalized spacial score (nSPS) is 11.0. The van der Waals surface area contributed by atoms with Crippen LogP contribution in [0, 0.1) is 11.6 Å². The van der Waals surface area contributed by atoms with E-state index < -0.39 is 23.4 Å². The van der Waals surface area contributed by atoms with E-state index in [4.69, 9.17) is 4.42 Å². The highest BCUT2D eigenvalue weighted by Gasteiger charge is 2.22. The fourth-order valence-electron chi connectivity index (χ4n) is 2.99. The Labute approximate surface area is 176 Å². The highest BCUT2D eigenvalue weighted by atomic mass is 19.2. The number of anilines is 2. The van der Waals surface area contributed by atoms with E-state index in [0.29, 0.717) is 11.0 Å². The number of para-hydroxylation sites is 1. The van der Waals surface area contributed by atoms with Crippen LogP contribution in [0.2, 0.25) is 0 Å². The summed E-state index contributed by atoms with van der Waals surface area (Å²) in [6.07, 6.45) is 2.98. The predicted molar refractivity (Wildman–Crippen MR) is 115 cm³/mol. The molecule has 0 fully saturated rings. The fourth-order valence-corrected chi connectivity index (χ4v) is 2.99. The van der Waals surface area contributed by atoms with E-state index in [1.54, 1.807) is 30.3 Å². The van der Waals surface area contributed by atoms with Crippen molar-refractivity contribution in [3.63, 3.8) is 0 Å². The Balaban J connectivity index is 1.62. The molecular formula is C24H16F2N2O3. The van der Waals surface area contributed by atoms with Crippen LogP contribution in [0.5, 0.6) is 0 Å². The smallest absolute Gasteiger partial charge is 0.293 e. The van der Waals surface area contributed by atoms with Crippen molar-refractivity contribution in [3.05, 3.63) is 102 Å². The Kier molecular flexibility index (Phi) is 5.57. The lowest BCUT2D eigenvalue weighted by molar-refractivity contribution is -0.111. The van der Waals surface area contributed by atoms with Crippen molar-refractivity contribution in [2.45, 2.75) is 0 Å². The van der Waals surface area contributed by atoms with Gasteiger partial charge < -0.3 is 15.1 Å². The molecule has 4 aromatic rings. The molecule has 0 aliphatic rings. The summed E-state index contributed by atoms with van der Waals surface area (Å²) in [5, 5.41) is 5.65. The van der Waals surface area contributed by atoms with Crippen LogP contribution in [-0.2, 0) is 4.79 Å². The van der Waals surface area contributed by atoms with E-state index in [-0.39, 0.29) is 17.1 Å². The third-order valence-corrected chi connectivity index (χ3v) is 4.45. The lowest BCUT2D eigenvalue weighted by atomic mass is 10.2. The number of hydrogen-bond donors (Lipinski definition) is 2. The lowest BCUT2D eigenvalue weighted by Crippen LogP contribution is -2.16. The molecule has 1 heterocycles. The van der Waals surface area contributed by atoms with Gasteiger partial charge in [0.25, 0.3) is 5.91 Å². The Hall–Kier alpha value is -4.26. The predicted octanol–water partition coefficient (Wildman–Crippen LogP) is 5.62. The first kappa shape index (κ1) is 20.0. The molecule has 31 heavy (non-hydrogen) atoms. The van der Waals surface area contributed by atoms with Crippen molar-refractivity contribution < 1.29 is 22.8 Å². The summed E-state index contributed by atoms with van der Waals surface area (Å²) in [5.41, 5.74) is 1.45. The number of hydrogen-bond acceptors (Lipinski definition) is 3. The molecule has 7 heteroatoms. The molecule has 0 aliphatic carbocycles. The van der Waals surface area contributed by atoms with Gasteiger partial charge in [-0.1, -0.05) is 42.5 Å². The summed E-state index contributed by atoms with van der Waals surface area (Å²) in [6.45, 7) is 0. The van der Waals surface area contributed by atoms with Crippen LogP contribution in [0.1, 0.15) is 16.1 Å². The van der Waals surface area contributed by atoms with Gasteiger partial charge in [-0.25, -0.2) is 8.78 Å². The molecule has 0 bridgehead atoms. The maximum Gasteiger partial charge on any atom is 0.293 e.